The molecule has 0 fully saturated rings. The number of para-hydroxylation sites is 1. The second kappa shape index (κ2) is 12.3. The molecule has 0 aliphatic heterocycles. The van der Waals surface area contributed by atoms with Crippen LogP contribution in [-0.4, -0.2) is 42.9 Å². The predicted molar refractivity (Wildman–Crippen MR) is 162 cm³/mol. The molecule has 0 spiro atoms. The van der Waals surface area contributed by atoms with Gasteiger partial charge in [-0.15, -0.1) is 0 Å². The first-order valence-electron chi connectivity index (χ1n) is 13.3. The molecule has 1 amide bonds. The third-order valence-corrected chi connectivity index (χ3v) is 9.57. The molecular formula is C30H27FN4O5S2. The summed E-state index contributed by atoms with van der Waals surface area (Å²) in [5.74, 6) is -1.08. The Hall–Kier alpha value is -4.26. The van der Waals surface area contributed by atoms with E-state index in [-0.39, 0.29) is 26.6 Å². The summed E-state index contributed by atoms with van der Waals surface area (Å²) in [7, 11) is -3.74. The molecule has 42 heavy (non-hydrogen) atoms. The number of amides is 1. The number of thiazole rings is 1. The molecule has 5 aromatic rings. The van der Waals surface area contributed by atoms with Crippen LogP contribution in [0, 0.1) is 5.82 Å². The molecule has 0 bridgehead atoms. The summed E-state index contributed by atoms with van der Waals surface area (Å²) in [5, 5.41) is 5.79. The number of aromatic nitrogens is 1. The fourth-order valence-electron chi connectivity index (χ4n) is 4.29. The number of unbranched alkanes of at least 4 members (excludes halogenated alkanes) is 1. The van der Waals surface area contributed by atoms with E-state index >= 15 is 0 Å². The maximum Gasteiger partial charge on any atom is 0.280 e. The van der Waals surface area contributed by atoms with Crippen LogP contribution in [0.25, 0.3) is 21.2 Å². The molecule has 0 atom stereocenters. The highest BCUT2D eigenvalue weighted by Crippen LogP contribution is 2.31. The Morgan fingerprint density at radius 1 is 1.10 bits per heavy atom. The number of anilines is 1. The van der Waals surface area contributed by atoms with E-state index in [1.165, 1.54) is 59.2 Å². The number of hydrogen-bond acceptors (Lipinski definition) is 8. The molecule has 216 valence electrons. The number of rotatable bonds is 10. The minimum atomic E-state index is -3.74. The van der Waals surface area contributed by atoms with Crippen molar-refractivity contribution >= 4 is 59.8 Å². The number of hydrogen-bond donors (Lipinski definition) is 0. The average Bonchev–Trinajstić information content (AvgIpc) is 3.41. The normalized spacial score (nSPS) is 12.1. The van der Waals surface area contributed by atoms with Crippen molar-refractivity contribution in [2.45, 2.75) is 31.6 Å². The zero-order chi connectivity index (χ0) is 29.9. The number of hydrazone groups is 1. The first kappa shape index (κ1) is 29.2. The zero-order valence-electron chi connectivity index (χ0n) is 22.9. The van der Waals surface area contributed by atoms with Crippen molar-refractivity contribution in [1.29, 1.82) is 0 Å². The van der Waals surface area contributed by atoms with Crippen molar-refractivity contribution in [1.82, 2.24) is 9.29 Å². The molecule has 0 N–H and O–H groups in total. The lowest BCUT2D eigenvalue weighted by Gasteiger charge is -2.20. The number of halogens is 1. The number of fused-ring (bicyclic) bond motifs is 2. The molecule has 9 nitrogen and oxygen atoms in total. The molecule has 12 heteroatoms. The average molecular weight is 607 g/mol. The highest BCUT2D eigenvalue weighted by molar-refractivity contribution is 7.89. The van der Waals surface area contributed by atoms with E-state index in [1.54, 1.807) is 31.2 Å². The summed E-state index contributed by atoms with van der Waals surface area (Å²) in [6.45, 7) is 4.50. The third-order valence-electron chi connectivity index (χ3n) is 6.58. The van der Waals surface area contributed by atoms with Gasteiger partial charge >= 0.3 is 0 Å². The van der Waals surface area contributed by atoms with Gasteiger partial charge in [-0.1, -0.05) is 43.7 Å². The summed E-state index contributed by atoms with van der Waals surface area (Å²) in [6.07, 6.45) is 4.05. The van der Waals surface area contributed by atoms with Gasteiger partial charge in [0.2, 0.25) is 20.6 Å². The van der Waals surface area contributed by atoms with E-state index in [1.807, 2.05) is 6.92 Å². The van der Waals surface area contributed by atoms with Gasteiger partial charge in [0.25, 0.3) is 5.91 Å². The maximum atomic E-state index is 13.9. The summed E-state index contributed by atoms with van der Waals surface area (Å²) in [4.78, 5) is 31.3. The van der Waals surface area contributed by atoms with E-state index < -0.39 is 21.7 Å². The van der Waals surface area contributed by atoms with Crippen molar-refractivity contribution in [3.63, 3.8) is 0 Å². The molecule has 0 aliphatic carbocycles. The summed E-state index contributed by atoms with van der Waals surface area (Å²) >= 11 is 1.04. The van der Waals surface area contributed by atoms with E-state index in [4.69, 9.17) is 4.42 Å². The maximum absolute atomic E-state index is 13.9. The summed E-state index contributed by atoms with van der Waals surface area (Å²) < 4.78 is 47.6. The first-order chi connectivity index (χ1) is 20.2. The SMILES string of the molecule is CCCCN(CC)S(=O)(=O)c1ccc(C(=O)N(/N=C/c2coc3ccccc3c2=O)c2nc3ccc(F)cc3s2)cc1. The van der Waals surface area contributed by atoms with Gasteiger partial charge in [0, 0.05) is 18.7 Å². The van der Waals surface area contributed by atoms with Crippen LogP contribution in [0.2, 0.25) is 0 Å². The Balaban J connectivity index is 1.52. The van der Waals surface area contributed by atoms with Gasteiger partial charge in [-0.3, -0.25) is 9.59 Å². The van der Waals surface area contributed by atoms with Crippen molar-refractivity contribution < 1.29 is 22.0 Å². The van der Waals surface area contributed by atoms with Crippen LogP contribution in [-0.2, 0) is 10.0 Å². The Morgan fingerprint density at radius 3 is 2.60 bits per heavy atom. The lowest BCUT2D eigenvalue weighted by atomic mass is 10.2. The van der Waals surface area contributed by atoms with Crippen LogP contribution in [0.15, 0.2) is 92.2 Å². The highest BCUT2D eigenvalue weighted by atomic mass is 32.2. The van der Waals surface area contributed by atoms with E-state index in [0.717, 1.165) is 29.2 Å². The Bertz CT molecular complexity index is 1950. The second-order valence-electron chi connectivity index (χ2n) is 9.36. The van der Waals surface area contributed by atoms with Crippen LogP contribution in [0.4, 0.5) is 9.52 Å². The number of sulfonamides is 1. The lowest BCUT2D eigenvalue weighted by molar-refractivity contribution is 0.0987. The molecule has 0 unspecified atom stereocenters. The van der Waals surface area contributed by atoms with E-state index in [0.29, 0.717) is 34.3 Å². The topological polar surface area (TPSA) is 113 Å². The van der Waals surface area contributed by atoms with Crippen LogP contribution >= 0.6 is 11.3 Å². The molecule has 0 saturated heterocycles. The number of nitrogens with zero attached hydrogens (tertiary/aromatic N) is 4. The minimum Gasteiger partial charge on any atom is -0.463 e. The van der Waals surface area contributed by atoms with Gasteiger partial charge < -0.3 is 4.42 Å². The largest absolute Gasteiger partial charge is 0.463 e. The second-order valence-corrected chi connectivity index (χ2v) is 12.3. The third kappa shape index (κ3) is 5.87. The fraction of sp³-hybridized carbons (Fsp3) is 0.200. The summed E-state index contributed by atoms with van der Waals surface area (Å²) in [6, 6.07) is 16.4. The van der Waals surface area contributed by atoms with Gasteiger partial charge in [-0.05, 0) is 61.0 Å². The molecule has 2 heterocycles. The van der Waals surface area contributed by atoms with Crippen molar-refractivity contribution in [3.8, 4) is 0 Å². The standard InChI is InChI=1S/C30H27FN4O5S2/c1-3-5-16-34(4-2)42(38,39)23-13-10-20(11-14-23)29(37)35(30-33-25-15-12-22(31)17-27(25)41-30)32-18-21-19-40-26-9-7-6-8-24(26)28(21)36/h6-15,17-19H,3-5,16H2,1-2H3/b32-18+. The number of benzene rings is 3. The van der Waals surface area contributed by atoms with Crippen LogP contribution in [0.1, 0.15) is 42.6 Å². The first-order valence-corrected chi connectivity index (χ1v) is 15.5. The van der Waals surface area contributed by atoms with Crippen molar-refractivity contribution in [2.75, 3.05) is 18.1 Å². The molecule has 0 aliphatic rings. The minimum absolute atomic E-state index is 0.0660. The van der Waals surface area contributed by atoms with Gasteiger partial charge in [0.05, 0.1) is 32.3 Å². The molecule has 0 saturated carbocycles. The predicted octanol–water partition coefficient (Wildman–Crippen LogP) is 6.03. The van der Waals surface area contributed by atoms with Crippen LogP contribution in [0.5, 0.6) is 0 Å². The molecule has 5 rings (SSSR count). The Morgan fingerprint density at radius 2 is 1.86 bits per heavy atom. The Kier molecular flexibility index (Phi) is 8.57. The molecule has 3 aromatic carbocycles. The number of carbonyl (C=O) groups excluding carboxylic acids is 1. The molecule has 2 aromatic heterocycles. The zero-order valence-corrected chi connectivity index (χ0v) is 24.5. The fourth-order valence-corrected chi connectivity index (χ4v) is 6.73. The van der Waals surface area contributed by atoms with Gasteiger partial charge in [0.1, 0.15) is 17.7 Å². The quantitative estimate of drug-likeness (QED) is 0.142. The van der Waals surface area contributed by atoms with Crippen molar-refractivity contribution in [2.24, 2.45) is 5.10 Å². The van der Waals surface area contributed by atoms with Crippen LogP contribution < -0.4 is 10.4 Å². The lowest BCUT2D eigenvalue weighted by Crippen LogP contribution is -2.32. The van der Waals surface area contributed by atoms with Crippen LogP contribution in [0.3, 0.4) is 0 Å². The molecule has 0 radical (unpaired) electrons. The smallest absolute Gasteiger partial charge is 0.280 e. The van der Waals surface area contributed by atoms with Gasteiger partial charge in [-0.25, -0.2) is 17.8 Å². The van der Waals surface area contributed by atoms with E-state index in [9.17, 15) is 22.4 Å². The monoisotopic (exact) mass is 606 g/mol. The van der Waals surface area contributed by atoms with Crippen molar-refractivity contribution in [3.05, 3.63) is 100 Å². The number of carbonyl (C=O) groups is 1. The Labute approximate surface area is 245 Å². The molecular weight excluding hydrogens is 579 g/mol. The van der Waals surface area contributed by atoms with Gasteiger partial charge in [-0.2, -0.15) is 14.4 Å². The van der Waals surface area contributed by atoms with Gasteiger partial charge in [0.15, 0.2) is 0 Å². The summed E-state index contributed by atoms with van der Waals surface area (Å²) in [5.41, 5.74) is 0.776. The van der Waals surface area contributed by atoms with E-state index in [2.05, 4.69) is 10.1 Å². The highest BCUT2D eigenvalue weighted by Gasteiger charge is 2.25.